The number of anilines is 2. The van der Waals surface area contributed by atoms with Crippen molar-refractivity contribution >= 4 is 29.0 Å². The molecular weight excluding hydrogens is 370 g/mol. The summed E-state index contributed by atoms with van der Waals surface area (Å²) in [6, 6.07) is 16.4. The highest BCUT2D eigenvalue weighted by molar-refractivity contribution is 6.08. The third-order valence-corrected chi connectivity index (χ3v) is 4.13. The molecular formula is C22H19N3O4. The Balaban J connectivity index is 1.71. The molecule has 2 aromatic carbocycles. The maximum atomic E-state index is 12.5. The van der Waals surface area contributed by atoms with Crippen molar-refractivity contribution in [2.75, 3.05) is 17.7 Å². The van der Waals surface area contributed by atoms with E-state index in [4.69, 9.17) is 4.74 Å². The number of benzene rings is 2. The lowest BCUT2D eigenvalue weighted by atomic mass is 10.1. The van der Waals surface area contributed by atoms with Crippen molar-refractivity contribution in [3.05, 3.63) is 83.7 Å². The van der Waals surface area contributed by atoms with Gasteiger partial charge in [-0.1, -0.05) is 6.07 Å². The molecule has 0 unspecified atom stereocenters. The number of nitrogens with one attached hydrogen (secondary N) is 2. The van der Waals surface area contributed by atoms with E-state index >= 15 is 0 Å². The molecule has 0 bridgehead atoms. The van der Waals surface area contributed by atoms with Crippen molar-refractivity contribution in [1.82, 2.24) is 4.98 Å². The average Bonchev–Trinajstić information content (AvgIpc) is 2.74. The van der Waals surface area contributed by atoms with Crippen LogP contribution in [0.5, 0.6) is 5.75 Å². The number of nitrogens with zero attached hydrogens (tertiary/aromatic N) is 1. The van der Waals surface area contributed by atoms with Crippen LogP contribution in [0.1, 0.15) is 38.1 Å². The molecule has 0 aliphatic heterocycles. The summed E-state index contributed by atoms with van der Waals surface area (Å²) in [6.07, 6.45) is 1.40. The number of rotatable bonds is 6. The second-order valence-electron chi connectivity index (χ2n) is 6.20. The fourth-order valence-corrected chi connectivity index (χ4v) is 2.58. The van der Waals surface area contributed by atoms with Crippen LogP contribution in [0.2, 0.25) is 0 Å². The number of amides is 2. The van der Waals surface area contributed by atoms with E-state index < -0.39 is 5.91 Å². The quantitative estimate of drug-likeness (QED) is 0.625. The molecule has 1 aromatic heterocycles. The van der Waals surface area contributed by atoms with E-state index in [1.165, 1.54) is 25.3 Å². The van der Waals surface area contributed by atoms with E-state index in [2.05, 4.69) is 15.6 Å². The van der Waals surface area contributed by atoms with Gasteiger partial charge in [-0.2, -0.15) is 0 Å². The first kappa shape index (κ1) is 19.8. The first-order valence-corrected chi connectivity index (χ1v) is 8.80. The van der Waals surface area contributed by atoms with Crippen LogP contribution < -0.4 is 15.4 Å². The van der Waals surface area contributed by atoms with Crippen LogP contribution in [0.15, 0.2) is 66.9 Å². The van der Waals surface area contributed by atoms with Crippen LogP contribution in [0.25, 0.3) is 0 Å². The zero-order valence-electron chi connectivity index (χ0n) is 15.9. The molecule has 0 fully saturated rings. The number of ketones is 1. The monoisotopic (exact) mass is 389 g/mol. The summed E-state index contributed by atoms with van der Waals surface area (Å²) in [6.45, 7) is 1.47. The minimum Gasteiger partial charge on any atom is -0.497 e. The van der Waals surface area contributed by atoms with Gasteiger partial charge >= 0.3 is 0 Å². The normalized spacial score (nSPS) is 10.1. The van der Waals surface area contributed by atoms with Gasteiger partial charge < -0.3 is 15.4 Å². The van der Waals surface area contributed by atoms with Crippen LogP contribution >= 0.6 is 0 Å². The lowest BCUT2D eigenvalue weighted by Crippen LogP contribution is -2.17. The van der Waals surface area contributed by atoms with Gasteiger partial charge in [0.15, 0.2) is 5.78 Å². The molecule has 0 radical (unpaired) electrons. The Bertz CT molecular complexity index is 1060. The topological polar surface area (TPSA) is 97.4 Å². The summed E-state index contributed by atoms with van der Waals surface area (Å²) in [5, 5.41) is 5.45. The predicted molar refractivity (Wildman–Crippen MR) is 110 cm³/mol. The summed E-state index contributed by atoms with van der Waals surface area (Å²) in [4.78, 5) is 40.3. The van der Waals surface area contributed by atoms with E-state index in [0.717, 1.165) is 0 Å². The van der Waals surface area contributed by atoms with E-state index in [0.29, 0.717) is 28.3 Å². The third kappa shape index (κ3) is 5.04. The SMILES string of the molecule is COc1cccc(NC(=O)c2ccnc(C(=O)Nc3ccc(C(C)=O)cc3)c2)c1. The van der Waals surface area contributed by atoms with Crippen molar-refractivity contribution in [3.8, 4) is 5.75 Å². The van der Waals surface area contributed by atoms with Gasteiger partial charge in [-0.15, -0.1) is 0 Å². The molecule has 146 valence electrons. The van der Waals surface area contributed by atoms with Crippen molar-refractivity contribution < 1.29 is 19.1 Å². The molecule has 0 saturated carbocycles. The molecule has 3 rings (SSSR count). The first-order chi connectivity index (χ1) is 14.0. The number of aromatic nitrogens is 1. The van der Waals surface area contributed by atoms with Gasteiger partial charge in [-0.3, -0.25) is 19.4 Å². The smallest absolute Gasteiger partial charge is 0.274 e. The Labute approximate surface area is 167 Å². The lowest BCUT2D eigenvalue weighted by molar-refractivity contribution is 0.101. The van der Waals surface area contributed by atoms with Crippen LogP contribution in [0, 0.1) is 0 Å². The summed E-state index contributed by atoms with van der Waals surface area (Å²) >= 11 is 0. The number of hydrogen-bond acceptors (Lipinski definition) is 5. The minimum atomic E-state index is -0.461. The summed E-state index contributed by atoms with van der Waals surface area (Å²) in [5.41, 5.74) is 2.03. The maximum Gasteiger partial charge on any atom is 0.274 e. The number of ether oxygens (including phenoxy) is 1. The van der Waals surface area contributed by atoms with Crippen molar-refractivity contribution in [2.24, 2.45) is 0 Å². The Morgan fingerprint density at radius 3 is 2.24 bits per heavy atom. The largest absolute Gasteiger partial charge is 0.497 e. The van der Waals surface area contributed by atoms with Gasteiger partial charge in [0.25, 0.3) is 11.8 Å². The Morgan fingerprint density at radius 2 is 1.55 bits per heavy atom. The molecule has 7 heteroatoms. The predicted octanol–water partition coefficient (Wildman–Crippen LogP) is 3.80. The van der Waals surface area contributed by atoms with Crippen molar-refractivity contribution in [2.45, 2.75) is 6.92 Å². The van der Waals surface area contributed by atoms with Crippen LogP contribution in [0.4, 0.5) is 11.4 Å². The zero-order valence-corrected chi connectivity index (χ0v) is 15.9. The van der Waals surface area contributed by atoms with Gasteiger partial charge in [0.05, 0.1) is 7.11 Å². The Morgan fingerprint density at radius 1 is 0.828 bits per heavy atom. The number of carbonyl (C=O) groups excluding carboxylic acids is 3. The highest BCUT2D eigenvalue weighted by Crippen LogP contribution is 2.18. The van der Waals surface area contributed by atoms with Gasteiger partial charge in [0.2, 0.25) is 0 Å². The molecule has 0 atom stereocenters. The third-order valence-electron chi connectivity index (χ3n) is 4.13. The Hall–Kier alpha value is -4.00. The standard InChI is InChI=1S/C22H19N3O4/c1-14(26)15-6-8-17(9-7-15)24-22(28)20-12-16(10-11-23-20)21(27)25-18-4-3-5-19(13-18)29-2/h3-13H,1-2H3,(H,24,28)(H,25,27). The second-order valence-corrected chi connectivity index (χ2v) is 6.20. The van der Waals surface area contributed by atoms with Crippen LogP contribution in [-0.4, -0.2) is 29.7 Å². The lowest BCUT2D eigenvalue weighted by Gasteiger charge is -2.09. The average molecular weight is 389 g/mol. The molecule has 0 saturated heterocycles. The number of methoxy groups -OCH3 is 1. The van der Waals surface area contributed by atoms with Gasteiger partial charge in [0, 0.05) is 34.8 Å². The first-order valence-electron chi connectivity index (χ1n) is 8.80. The maximum absolute atomic E-state index is 12.5. The molecule has 29 heavy (non-hydrogen) atoms. The number of carbonyl (C=O) groups is 3. The molecule has 2 amide bonds. The molecule has 0 spiro atoms. The highest BCUT2D eigenvalue weighted by atomic mass is 16.5. The number of pyridine rings is 1. The van der Waals surface area contributed by atoms with E-state index in [9.17, 15) is 14.4 Å². The minimum absolute atomic E-state index is 0.0562. The number of Topliss-reactive ketones (excluding diaryl/α,β-unsaturated/α-hetero) is 1. The summed E-state index contributed by atoms with van der Waals surface area (Å²) < 4.78 is 5.14. The molecule has 0 aliphatic rings. The van der Waals surface area contributed by atoms with Crippen molar-refractivity contribution in [1.29, 1.82) is 0 Å². The van der Waals surface area contributed by atoms with Gasteiger partial charge in [-0.25, -0.2) is 0 Å². The van der Waals surface area contributed by atoms with Crippen LogP contribution in [-0.2, 0) is 0 Å². The molecule has 0 aliphatic carbocycles. The number of hydrogen-bond donors (Lipinski definition) is 2. The fraction of sp³-hybridized carbons (Fsp3) is 0.0909. The second kappa shape index (κ2) is 8.79. The fourth-order valence-electron chi connectivity index (χ4n) is 2.58. The van der Waals surface area contributed by atoms with E-state index in [1.54, 1.807) is 55.6 Å². The highest BCUT2D eigenvalue weighted by Gasteiger charge is 2.13. The molecule has 3 aromatic rings. The summed E-state index contributed by atoms with van der Waals surface area (Å²) in [7, 11) is 1.54. The molecule has 7 nitrogen and oxygen atoms in total. The van der Waals surface area contributed by atoms with Gasteiger partial charge in [-0.05, 0) is 55.5 Å². The van der Waals surface area contributed by atoms with E-state index in [-0.39, 0.29) is 17.4 Å². The van der Waals surface area contributed by atoms with Crippen molar-refractivity contribution in [3.63, 3.8) is 0 Å². The zero-order chi connectivity index (χ0) is 20.8. The Kier molecular flexibility index (Phi) is 5.99. The molecule has 1 heterocycles. The molecule has 2 N–H and O–H groups in total. The van der Waals surface area contributed by atoms with E-state index in [1.807, 2.05) is 0 Å². The van der Waals surface area contributed by atoms with Crippen LogP contribution in [0.3, 0.4) is 0 Å². The summed E-state index contributed by atoms with van der Waals surface area (Å²) in [5.74, 6) is -0.273. The van der Waals surface area contributed by atoms with Gasteiger partial charge in [0.1, 0.15) is 11.4 Å².